The first kappa shape index (κ1) is 9.50. The SMILES string of the molecule is CC(O)CCCCC=CO. The van der Waals surface area contributed by atoms with E-state index in [1.165, 1.54) is 0 Å². The average Bonchev–Trinajstić information content (AvgIpc) is 1.87. The Labute approximate surface area is 62.2 Å². The van der Waals surface area contributed by atoms with Crippen molar-refractivity contribution in [1.82, 2.24) is 0 Å². The van der Waals surface area contributed by atoms with Crippen molar-refractivity contribution in [2.75, 3.05) is 0 Å². The van der Waals surface area contributed by atoms with Crippen LogP contribution in [0.5, 0.6) is 0 Å². The van der Waals surface area contributed by atoms with Crippen molar-refractivity contribution < 1.29 is 10.2 Å². The Bertz CT molecular complexity index is 87.3. The largest absolute Gasteiger partial charge is 0.516 e. The van der Waals surface area contributed by atoms with Gasteiger partial charge in [-0.2, -0.15) is 0 Å². The Morgan fingerprint density at radius 2 is 2.10 bits per heavy atom. The summed E-state index contributed by atoms with van der Waals surface area (Å²) in [5.41, 5.74) is 0. The lowest BCUT2D eigenvalue weighted by molar-refractivity contribution is 0.181. The molecule has 0 aliphatic rings. The first-order chi connectivity index (χ1) is 4.77. The van der Waals surface area contributed by atoms with Gasteiger partial charge in [-0.05, 0) is 26.2 Å². The predicted molar refractivity (Wildman–Crippen MR) is 41.9 cm³/mol. The van der Waals surface area contributed by atoms with Crippen molar-refractivity contribution in [3.63, 3.8) is 0 Å². The first-order valence-electron chi connectivity index (χ1n) is 3.74. The molecular weight excluding hydrogens is 128 g/mol. The lowest BCUT2D eigenvalue weighted by atomic mass is 10.1. The van der Waals surface area contributed by atoms with Crippen LogP contribution in [0.25, 0.3) is 0 Å². The summed E-state index contributed by atoms with van der Waals surface area (Å²) >= 11 is 0. The van der Waals surface area contributed by atoms with E-state index in [1.54, 1.807) is 13.0 Å². The van der Waals surface area contributed by atoms with Gasteiger partial charge in [-0.1, -0.05) is 12.5 Å². The van der Waals surface area contributed by atoms with Gasteiger partial charge in [0.15, 0.2) is 0 Å². The molecule has 1 atom stereocenters. The monoisotopic (exact) mass is 144 g/mol. The molecule has 0 saturated carbocycles. The van der Waals surface area contributed by atoms with Crippen LogP contribution in [0, 0.1) is 0 Å². The van der Waals surface area contributed by atoms with Gasteiger partial charge in [0.25, 0.3) is 0 Å². The number of rotatable bonds is 5. The third-order valence-electron chi connectivity index (χ3n) is 1.35. The molecule has 1 unspecified atom stereocenters. The van der Waals surface area contributed by atoms with Crippen LogP contribution < -0.4 is 0 Å². The number of hydrogen-bond acceptors (Lipinski definition) is 2. The van der Waals surface area contributed by atoms with Crippen LogP contribution in [0.4, 0.5) is 0 Å². The highest BCUT2D eigenvalue weighted by Gasteiger charge is 1.92. The molecule has 0 aromatic heterocycles. The fraction of sp³-hybridized carbons (Fsp3) is 0.750. The smallest absolute Gasteiger partial charge is 0.0751 e. The number of aliphatic hydroxyl groups excluding tert-OH is 2. The molecular formula is C8H16O2. The quantitative estimate of drug-likeness (QED) is 0.457. The molecule has 0 bridgehead atoms. The highest BCUT2D eigenvalue weighted by molar-refractivity contribution is 4.70. The van der Waals surface area contributed by atoms with E-state index < -0.39 is 0 Å². The maximum absolute atomic E-state index is 8.84. The lowest BCUT2D eigenvalue weighted by Crippen LogP contribution is -1.97. The Morgan fingerprint density at radius 3 is 2.60 bits per heavy atom. The standard InChI is InChI=1S/C8H16O2/c1-8(10)6-4-2-3-5-7-9/h5,7-10H,2-4,6H2,1H3. The molecule has 0 heterocycles. The fourth-order valence-electron chi connectivity index (χ4n) is 0.776. The fourth-order valence-corrected chi connectivity index (χ4v) is 0.776. The molecule has 2 nitrogen and oxygen atoms in total. The van der Waals surface area contributed by atoms with E-state index in [2.05, 4.69) is 0 Å². The zero-order valence-corrected chi connectivity index (χ0v) is 6.45. The minimum atomic E-state index is -0.182. The lowest BCUT2D eigenvalue weighted by Gasteiger charge is -2.00. The first-order valence-corrected chi connectivity index (χ1v) is 3.74. The van der Waals surface area contributed by atoms with Crippen molar-refractivity contribution in [3.05, 3.63) is 12.3 Å². The second kappa shape index (κ2) is 6.62. The molecule has 0 saturated heterocycles. The molecule has 0 radical (unpaired) electrons. The van der Waals surface area contributed by atoms with Gasteiger partial charge in [0.2, 0.25) is 0 Å². The van der Waals surface area contributed by atoms with Gasteiger partial charge in [0, 0.05) is 0 Å². The van der Waals surface area contributed by atoms with E-state index in [-0.39, 0.29) is 6.10 Å². The molecule has 2 N–H and O–H groups in total. The van der Waals surface area contributed by atoms with Crippen molar-refractivity contribution in [1.29, 1.82) is 0 Å². The Hall–Kier alpha value is -0.500. The van der Waals surface area contributed by atoms with E-state index in [4.69, 9.17) is 10.2 Å². The van der Waals surface area contributed by atoms with Crippen LogP contribution in [0.2, 0.25) is 0 Å². The summed E-state index contributed by atoms with van der Waals surface area (Å²) in [6, 6.07) is 0. The summed E-state index contributed by atoms with van der Waals surface area (Å²) in [6.07, 6.45) is 6.45. The second-order valence-corrected chi connectivity index (χ2v) is 2.52. The van der Waals surface area contributed by atoms with Gasteiger partial charge in [-0.15, -0.1) is 0 Å². The molecule has 0 fully saturated rings. The van der Waals surface area contributed by atoms with Gasteiger partial charge in [0.1, 0.15) is 0 Å². The molecule has 0 aliphatic heterocycles. The van der Waals surface area contributed by atoms with E-state index in [0.717, 1.165) is 31.9 Å². The Kier molecular flexibility index (Phi) is 6.29. The van der Waals surface area contributed by atoms with Crippen molar-refractivity contribution in [2.24, 2.45) is 0 Å². The van der Waals surface area contributed by atoms with Crippen molar-refractivity contribution >= 4 is 0 Å². The average molecular weight is 144 g/mol. The minimum absolute atomic E-state index is 0.182. The molecule has 10 heavy (non-hydrogen) atoms. The summed E-state index contributed by atoms with van der Waals surface area (Å²) in [6.45, 7) is 1.79. The van der Waals surface area contributed by atoms with E-state index in [0.29, 0.717) is 0 Å². The second-order valence-electron chi connectivity index (χ2n) is 2.52. The molecule has 0 aromatic rings. The van der Waals surface area contributed by atoms with E-state index >= 15 is 0 Å². The molecule has 0 aliphatic carbocycles. The molecule has 2 heteroatoms. The van der Waals surface area contributed by atoms with Crippen LogP contribution in [-0.2, 0) is 0 Å². The van der Waals surface area contributed by atoms with Gasteiger partial charge < -0.3 is 10.2 Å². The third-order valence-corrected chi connectivity index (χ3v) is 1.35. The molecule has 0 rings (SSSR count). The highest BCUT2D eigenvalue weighted by atomic mass is 16.3. The van der Waals surface area contributed by atoms with E-state index in [9.17, 15) is 0 Å². The Balaban J connectivity index is 2.91. The molecule has 0 amide bonds. The van der Waals surface area contributed by atoms with Gasteiger partial charge >= 0.3 is 0 Å². The molecule has 60 valence electrons. The van der Waals surface area contributed by atoms with Crippen LogP contribution in [0.3, 0.4) is 0 Å². The predicted octanol–water partition coefficient (Wildman–Crippen LogP) is 2.00. The maximum atomic E-state index is 8.84. The van der Waals surface area contributed by atoms with Crippen molar-refractivity contribution in [2.45, 2.75) is 38.7 Å². The Morgan fingerprint density at radius 1 is 1.40 bits per heavy atom. The van der Waals surface area contributed by atoms with Crippen LogP contribution >= 0.6 is 0 Å². The van der Waals surface area contributed by atoms with Crippen LogP contribution in [0.15, 0.2) is 12.3 Å². The number of hydrogen-bond donors (Lipinski definition) is 2. The van der Waals surface area contributed by atoms with Crippen LogP contribution in [0.1, 0.15) is 32.6 Å². The van der Waals surface area contributed by atoms with E-state index in [1.807, 2.05) is 0 Å². The zero-order chi connectivity index (χ0) is 7.82. The summed E-state index contributed by atoms with van der Waals surface area (Å²) in [7, 11) is 0. The normalized spacial score (nSPS) is 14.2. The number of unbranched alkanes of at least 4 members (excludes halogenated alkanes) is 2. The maximum Gasteiger partial charge on any atom is 0.0751 e. The summed E-state index contributed by atoms with van der Waals surface area (Å²) in [5.74, 6) is 0. The van der Waals surface area contributed by atoms with Gasteiger partial charge in [-0.3, -0.25) is 0 Å². The summed E-state index contributed by atoms with van der Waals surface area (Å²) < 4.78 is 0. The summed E-state index contributed by atoms with van der Waals surface area (Å²) in [5, 5.41) is 17.1. The molecule has 0 aromatic carbocycles. The number of aliphatic hydroxyl groups is 2. The zero-order valence-electron chi connectivity index (χ0n) is 6.45. The topological polar surface area (TPSA) is 40.5 Å². The summed E-state index contributed by atoms with van der Waals surface area (Å²) in [4.78, 5) is 0. The van der Waals surface area contributed by atoms with Crippen LogP contribution in [-0.4, -0.2) is 16.3 Å². The van der Waals surface area contributed by atoms with Gasteiger partial charge in [-0.25, -0.2) is 0 Å². The third kappa shape index (κ3) is 7.50. The highest BCUT2D eigenvalue weighted by Crippen LogP contribution is 2.02. The van der Waals surface area contributed by atoms with Gasteiger partial charge in [0.05, 0.1) is 12.4 Å². The molecule has 0 spiro atoms. The number of allylic oxidation sites excluding steroid dienone is 1. The minimum Gasteiger partial charge on any atom is -0.516 e. The van der Waals surface area contributed by atoms with Crippen molar-refractivity contribution in [3.8, 4) is 0 Å².